The maximum Gasteiger partial charge on any atom is 0.293 e. The second kappa shape index (κ2) is 12.1. The molecule has 1 heterocycles. The van der Waals surface area contributed by atoms with Crippen LogP contribution in [0.5, 0.6) is 17.2 Å². The van der Waals surface area contributed by atoms with E-state index in [1.807, 2.05) is 61.5 Å². The van der Waals surface area contributed by atoms with E-state index in [1.54, 1.807) is 13.2 Å². The minimum atomic E-state index is -0.331. The van der Waals surface area contributed by atoms with E-state index < -0.39 is 0 Å². The average Bonchev–Trinajstić information content (AvgIpc) is 3.20. The molecule has 5 rings (SSSR count). The van der Waals surface area contributed by atoms with E-state index >= 15 is 0 Å². The van der Waals surface area contributed by atoms with Crippen molar-refractivity contribution in [2.24, 2.45) is 0 Å². The number of carbonyl (C=O) groups excluding carboxylic acids is 2. The molecule has 6 nitrogen and oxygen atoms in total. The molecular formula is C31H26INO5S. The van der Waals surface area contributed by atoms with Crippen LogP contribution in [0.4, 0.5) is 4.79 Å². The van der Waals surface area contributed by atoms with Gasteiger partial charge in [0.05, 0.1) is 22.1 Å². The number of imide groups is 1. The van der Waals surface area contributed by atoms with Gasteiger partial charge >= 0.3 is 0 Å². The Labute approximate surface area is 245 Å². The van der Waals surface area contributed by atoms with Crippen molar-refractivity contribution in [2.75, 3.05) is 20.3 Å². The van der Waals surface area contributed by atoms with Crippen molar-refractivity contribution >= 4 is 62.3 Å². The van der Waals surface area contributed by atoms with Crippen LogP contribution in [0.3, 0.4) is 0 Å². The third-order valence-corrected chi connectivity index (χ3v) is 7.99. The van der Waals surface area contributed by atoms with Gasteiger partial charge in [0.15, 0.2) is 11.5 Å². The number of amides is 2. The van der Waals surface area contributed by atoms with Gasteiger partial charge in [0.1, 0.15) is 19.0 Å². The lowest BCUT2D eigenvalue weighted by Crippen LogP contribution is -2.32. The van der Waals surface area contributed by atoms with E-state index in [0.717, 1.165) is 42.8 Å². The van der Waals surface area contributed by atoms with Crippen LogP contribution in [0.1, 0.15) is 16.7 Å². The number of benzene rings is 4. The summed E-state index contributed by atoms with van der Waals surface area (Å²) >= 11 is 3.13. The van der Waals surface area contributed by atoms with E-state index in [-0.39, 0.29) is 24.3 Å². The fraction of sp³-hybridized carbons (Fsp3) is 0.161. The average molecular weight is 652 g/mol. The molecule has 1 fully saturated rings. The Balaban J connectivity index is 1.28. The molecule has 198 valence electrons. The topological polar surface area (TPSA) is 65.1 Å². The Morgan fingerprint density at radius 1 is 0.949 bits per heavy atom. The molecule has 4 aromatic carbocycles. The Kier molecular flexibility index (Phi) is 8.42. The summed E-state index contributed by atoms with van der Waals surface area (Å²) in [6.07, 6.45) is 1.71. The summed E-state index contributed by atoms with van der Waals surface area (Å²) in [5.41, 5.74) is 2.96. The van der Waals surface area contributed by atoms with Crippen LogP contribution in [-0.2, 0) is 11.4 Å². The highest BCUT2D eigenvalue weighted by molar-refractivity contribution is 14.1. The standard InChI is InChI=1S/C31H26INO5S/c1-20-10-12-24(13-11-20)37-15-14-33-30(34)28(39-31(33)35)18-21-16-26(32)29(27(17-21)36-2)38-19-23-8-5-7-22-6-3-4-9-25(22)23/h3-13,16-18H,14-15,19H2,1-2H3/b28-18-. The molecule has 4 aromatic rings. The molecule has 2 amide bonds. The zero-order valence-corrected chi connectivity index (χ0v) is 24.5. The summed E-state index contributed by atoms with van der Waals surface area (Å²) in [5.74, 6) is 1.55. The number of thioether (sulfide) groups is 1. The molecule has 1 aliphatic heterocycles. The van der Waals surface area contributed by atoms with E-state index in [4.69, 9.17) is 14.2 Å². The van der Waals surface area contributed by atoms with Crippen LogP contribution in [0.2, 0.25) is 0 Å². The molecule has 39 heavy (non-hydrogen) atoms. The summed E-state index contributed by atoms with van der Waals surface area (Å²) in [6, 6.07) is 25.7. The van der Waals surface area contributed by atoms with E-state index in [0.29, 0.717) is 28.8 Å². The molecule has 0 spiro atoms. The van der Waals surface area contributed by atoms with Crippen molar-refractivity contribution < 1.29 is 23.8 Å². The Hall–Kier alpha value is -3.50. The predicted octanol–water partition coefficient (Wildman–Crippen LogP) is 7.46. The quantitative estimate of drug-likeness (QED) is 0.138. The number of carbonyl (C=O) groups is 2. The molecule has 0 aromatic heterocycles. The third-order valence-electron chi connectivity index (χ3n) is 6.28. The predicted molar refractivity (Wildman–Crippen MR) is 163 cm³/mol. The van der Waals surface area contributed by atoms with Crippen LogP contribution < -0.4 is 14.2 Å². The summed E-state index contributed by atoms with van der Waals surface area (Å²) < 4.78 is 18.4. The van der Waals surface area contributed by atoms with Gasteiger partial charge in [-0.1, -0.05) is 60.2 Å². The number of ether oxygens (including phenoxy) is 3. The molecular weight excluding hydrogens is 625 g/mol. The first-order chi connectivity index (χ1) is 18.9. The van der Waals surface area contributed by atoms with Gasteiger partial charge < -0.3 is 14.2 Å². The molecule has 0 bridgehead atoms. The van der Waals surface area contributed by atoms with Gasteiger partial charge in [-0.3, -0.25) is 14.5 Å². The number of aryl methyl sites for hydroxylation is 1. The molecule has 1 aliphatic rings. The SMILES string of the molecule is COc1cc(/C=C2\SC(=O)N(CCOc3ccc(C)cc3)C2=O)cc(I)c1OCc1cccc2ccccc12. The van der Waals surface area contributed by atoms with Crippen LogP contribution in [0.25, 0.3) is 16.8 Å². The highest BCUT2D eigenvalue weighted by atomic mass is 127. The van der Waals surface area contributed by atoms with Crippen LogP contribution in [-0.4, -0.2) is 36.3 Å². The highest BCUT2D eigenvalue weighted by Gasteiger charge is 2.35. The van der Waals surface area contributed by atoms with Crippen LogP contribution >= 0.6 is 34.4 Å². The van der Waals surface area contributed by atoms with E-state index in [1.165, 1.54) is 4.90 Å². The van der Waals surface area contributed by atoms with Crippen molar-refractivity contribution in [1.29, 1.82) is 0 Å². The first kappa shape index (κ1) is 27.1. The van der Waals surface area contributed by atoms with Crippen LogP contribution in [0.15, 0.2) is 83.8 Å². The van der Waals surface area contributed by atoms with Crippen molar-refractivity contribution in [3.8, 4) is 17.2 Å². The fourth-order valence-corrected chi connectivity index (χ4v) is 5.91. The highest BCUT2D eigenvalue weighted by Crippen LogP contribution is 2.38. The van der Waals surface area contributed by atoms with Gasteiger partial charge in [-0.05, 0) is 93.5 Å². The number of methoxy groups -OCH3 is 1. The molecule has 0 radical (unpaired) electrons. The number of rotatable bonds is 9. The Bertz CT molecular complexity index is 1560. The lowest BCUT2D eigenvalue weighted by molar-refractivity contribution is -0.123. The minimum Gasteiger partial charge on any atom is -0.493 e. The van der Waals surface area contributed by atoms with E-state index in [2.05, 4.69) is 46.9 Å². The summed E-state index contributed by atoms with van der Waals surface area (Å²) in [4.78, 5) is 27.1. The minimum absolute atomic E-state index is 0.178. The van der Waals surface area contributed by atoms with Crippen molar-refractivity contribution in [1.82, 2.24) is 4.90 Å². The zero-order chi connectivity index (χ0) is 27.4. The number of nitrogens with zero attached hydrogens (tertiary/aromatic N) is 1. The molecule has 0 aliphatic carbocycles. The van der Waals surface area contributed by atoms with Gasteiger partial charge in [-0.25, -0.2) is 0 Å². The van der Waals surface area contributed by atoms with Gasteiger partial charge in [-0.15, -0.1) is 0 Å². The van der Waals surface area contributed by atoms with Crippen molar-refractivity contribution in [2.45, 2.75) is 13.5 Å². The fourth-order valence-electron chi connectivity index (χ4n) is 4.26. The third kappa shape index (κ3) is 6.23. The molecule has 0 atom stereocenters. The second-order valence-electron chi connectivity index (χ2n) is 8.96. The molecule has 0 unspecified atom stereocenters. The number of hydrogen-bond acceptors (Lipinski definition) is 6. The summed E-state index contributed by atoms with van der Waals surface area (Å²) in [6.45, 7) is 2.79. The van der Waals surface area contributed by atoms with Gasteiger partial charge in [-0.2, -0.15) is 0 Å². The Morgan fingerprint density at radius 2 is 1.72 bits per heavy atom. The van der Waals surface area contributed by atoms with Crippen LogP contribution in [0, 0.1) is 10.5 Å². The largest absolute Gasteiger partial charge is 0.493 e. The maximum atomic E-state index is 13.0. The maximum absolute atomic E-state index is 13.0. The molecule has 1 saturated heterocycles. The lowest BCUT2D eigenvalue weighted by Gasteiger charge is -2.15. The lowest BCUT2D eigenvalue weighted by atomic mass is 10.1. The van der Waals surface area contributed by atoms with Gasteiger partial charge in [0.25, 0.3) is 11.1 Å². The van der Waals surface area contributed by atoms with Gasteiger partial charge in [0.2, 0.25) is 0 Å². The van der Waals surface area contributed by atoms with E-state index in [9.17, 15) is 9.59 Å². The number of fused-ring (bicyclic) bond motifs is 1. The number of hydrogen-bond donors (Lipinski definition) is 0. The second-order valence-corrected chi connectivity index (χ2v) is 11.1. The van der Waals surface area contributed by atoms with Gasteiger partial charge in [0, 0.05) is 0 Å². The normalized spacial score (nSPS) is 14.3. The molecule has 0 N–H and O–H groups in total. The summed E-state index contributed by atoms with van der Waals surface area (Å²) in [7, 11) is 1.59. The van der Waals surface area contributed by atoms with Crippen molar-refractivity contribution in [3.05, 3.63) is 104 Å². The summed E-state index contributed by atoms with van der Waals surface area (Å²) in [5, 5.41) is 1.99. The zero-order valence-electron chi connectivity index (χ0n) is 21.5. The Morgan fingerprint density at radius 3 is 2.51 bits per heavy atom. The number of halogens is 1. The monoisotopic (exact) mass is 651 g/mol. The first-order valence-corrected chi connectivity index (χ1v) is 14.2. The first-order valence-electron chi connectivity index (χ1n) is 12.3. The molecule has 8 heteroatoms. The smallest absolute Gasteiger partial charge is 0.293 e. The van der Waals surface area contributed by atoms with Crippen molar-refractivity contribution in [3.63, 3.8) is 0 Å². The molecule has 0 saturated carbocycles.